The monoisotopic (exact) mass is 387 g/mol. The number of benzene rings is 2. The molecule has 2 fully saturated rings. The van der Waals surface area contributed by atoms with E-state index in [0.29, 0.717) is 0 Å². The molecule has 0 saturated carbocycles. The Labute approximate surface area is 170 Å². The van der Waals surface area contributed by atoms with E-state index in [2.05, 4.69) is 44.0 Å². The van der Waals surface area contributed by atoms with E-state index in [4.69, 9.17) is 0 Å². The van der Waals surface area contributed by atoms with Gasteiger partial charge in [0.2, 0.25) is 0 Å². The zero-order chi connectivity index (χ0) is 19.6. The molecule has 0 radical (unpaired) electrons. The summed E-state index contributed by atoms with van der Waals surface area (Å²) in [5.41, 5.74) is 2.84. The van der Waals surface area contributed by atoms with Crippen LogP contribution in [0.2, 0.25) is 0 Å². The van der Waals surface area contributed by atoms with Crippen molar-refractivity contribution in [2.75, 3.05) is 49.1 Å². The van der Waals surface area contributed by atoms with Gasteiger partial charge in [-0.1, -0.05) is 18.2 Å². The third kappa shape index (κ3) is 3.50. The van der Waals surface area contributed by atoms with Gasteiger partial charge >= 0.3 is 0 Å². The zero-order valence-electron chi connectivity index (χ0n) is 16.5. The van der Waals surface area contributed by atoms with Gasteiger partial charge in [0, 0.05) is 55.9 Å². The topological polar surface area (TPSA) is 52.6 Å². The smallest absolute Gasteiger partial charge is 0.254 e. The van der Waals surface area contributed by atoms with Gasteiger partial charge < -0.3 is 14.7 Å². The summed E-state index contributed by atoms with van der Waals surface area (Å²) in [6.07, 6.45) is 4.01. The van der Waals surface area contributed by atoms with E-state index >= 15 is 0 Å². The lowest BCUT2D eigenvalue weighted by atomic mass is 10.1. The predicted octanol–water partition coefficient (Wildman–Crippen LogP) is 3.19. The highest BCUT2D eigenvalue weighted by atomic mass is 16.2. The molecule has 0 spiro atoms. The minimum absolute atomic E-state index is 0.0934. The first-order valence-electron chi connectivity index (χ1n) is 10.4. The van der Waals surface area contributed by atoms with Gasteiger partial charge in [0.1, 0.15) is 12.1 Å². The average molecular weight is 387 g/mol. The average Bonchev–Trinajstić information content (AvgIpc) is 3.33. The molecule has 2 aliphatic heterocycles. The molecule has 3 heterocycles. The van der Waals surface area contributed by atoms with Gasteiger partial charge in [-0.15, -0.1) is 0 Å². The van der Waals surface area contributed by atoms with Gasteiger partial charge in [-0.2, -0.15) is 0 Å². The number of aromatic nitrogens is 2. The normalized spacial score (nSPS) is 17.2. The molecular formula is C23H25N5O. The van der Waals surface area contributed by atoms with Gasteiger partial charge in [-0.3, -0.25) is 4.79 Å². The molecule has 0 N–H and O–H groups in total. The molecule has 0 aliphatic carbocycles. The Morgan fingerprint density at radius 1 is 0.793 bits per heavy atom. The minimum Gasteiger partial charge on any atom is -0.368 e. The standard InChI is InChI=1S/C23H25N5O/c29-23(28-14-12-26(13-15-28)19-6-2-1-3-7-19)18-8-9-21-20(16-18)22(25-17-24-21)27-10-4-5-11-27/h1-3,6-9,16-17H,4-5,10-15H2. The number of carbonyl (C=O) groups excluding carboxylic acids is 1. The van der Waals surface area contributed by atoms with Crippen molar-refractivity contribution in [1.82, 2.24) is 14.9 Å². The van der Waals surface area contributed by atoms with E-state index in [1.165, 1.54) is 18.5 Å². The van der Waals surface area contributed by atoms with Gasteiger partial charge in [0.05, 0.1) is 5.52 Å². The summed E-state index contributed by atoms with van der Waals surface area (Å²) < 4.78 is 0. The second kappa shape index (κ2) is 7.70. The SMILES string of the molecule is O=C(c1ccc2ncnc(N3CCCC3)c2c1)N1CCN(c2ccccc2)CC1. The van der Waals surface area contributed by atoms with Crippen molar-refractivity contribution in [2.24, 2.45) is 0 Å². The molecule has 1 amide bonds. The molecular weight excluding hydrogens is 362 g/mol. The van der Waals surface area contributed by atoms with Crippen molar-refractivity contribution in [1.29, 1.82) is 0 Å². The molecule has 6 nitrogen and oxygen atoms in total. The van der Waals surface area contributed by atoms with Crippen molar-refractivity contribution in [3.63, 3.8) is 0 Å². The summed E-state index contributed by atoms with van der Waals surface area (Å²) in [6.45, 7) is 5.21. The summed E-state index contributed by atoms with van der Waals surface area (Å²) in [6, 6.07) is 16.2. The van der Waals surface area contributed by atoms with E-state index in [1.807, 2.05) is 29.2 Å². The van der Waals surface area contributed by atoms with Crippen LogP contribution in [0.1, 0.15) is 23.2 Å². The van der Waals surface area contributed by atoms with Crippen LogP contribution in [-0.4, -0.2) is 60.0 Å². The van der Waals surface area contributed by atoms with Crippen LogP contribution in [0.5, 0.6) is 0 Å². The number of hydrogen-bond donors (Lipinski definition) is 0. The fourth-order valence-electron chi connectivity index (χ4n) is 4.35. The van der Waals surface area contributed by atoms with Crippen LogP contribution in [0.3, 0.4) is 0 Å². The number of para-hydroxylation sites is 1. The first kappa shape index (κ1) is 17.9. The Morgan fingerprint density at radius 3 is 2.31 bits per heavy atom. The van der Waals surface area contributed by atoms with Crippen LogP contribution >= 0.6 is 0 Å². The molecule has 2 saturated heterocycles. The number of fused-ring (bicyclic) bond motifs is 1. The highest BCUT2D eigenvalue weighted by molar-refractivity contribution is 6.00. The van der Waals surface area contributed by atoms with Crippen molar-refractivity contribution in [2.45, 2.75) is 12.8 Å². The lowest BCUT2D eigenvalue weighted by Gasteiger charge is -2.36. The van der Waals surface area contributed by atoms with Crippen LogP contribution in [-0.2, 0) is 0 Å². The number of rotatable bonds is 3. The van der Waals surface area contributed by atoms with Crippen LogP contribution in [0.25, 0.3) is 10.9 Å². The molecule has 3 aromatic rings. The highest BCUT2D eigenvalue weighted by Gasteiger charge is 2.23. The fourth-order valence-corrected chi connectivity index (χ4v) is 4.35. The maximum absolute atomic E-state index is 13.2. The summed E-state index contributed by atoms with van der Waals surface area (Å²) >= 11 is 0. The van der Waals surface area contributed by atoms with E-state index in [9.17, 15) is 4.79 Å². The largest absolute Gasteiger partial charge is 0.368 e. The quantitative estimate of drug-likeness (QED) is 0.691. The number of nitrogens with zero attached hydrogens (tertiary/aromatic N) is 5. The first-order valence-corrected chi connectivity index (χ1v) is 10.4. The van der Waals surface area contributed by atoms with Crippen LogP contribution in [0, 0.1) is 0 Å². The third-order valence-electron chi connectivity index (χ3n) is 5.96. The molecule has 0 unspecified atom stereocenters. The predicted molar refractivity (Wildman–Crippen MR) is 116 cm³/mol. The zero-order valence-corrected chi connectivity index (χ0v) is 16.5. The van der Waals surface area contributed by atoms with Crippen molar-refractivity contribution in [3.8, 4) is 0 Å². The second-order valence-electron chi connectivity index (χ2n) is 7.74. The van der Waals surface area contributed by atoms with E-state index in [0.717, 1.165) is 61.6 Å². The summed E-state index contributed by atoms with van der Waals surface area (Å²) in [4.78, 5) is 28.7. The molecule has 5 rings (SSSR count). The minimum atomic E-state index is 0.0934. The molecule has 0 atom stereocenters. The molecule has 1 aromatic heterocycles. The lowest BCUT2D eigenvalue weighted by molar-refractivity contribution is 0.0747. The molecule has 29 heavy (non-hydrogen) atoms. The Bertz CT molecular complexity index is 1010. The Balaban J connectivity index is 1.35. The molecule has 6 heteroatoms. The van der Waals surface area contributed by atoms with Gasteiger partial charge in [-0.05, 0) is 43.2 Å². The second-order valence-corrected chi connectivity index (χ2v) is 7.74. The number of piperazine rings is 1. The number of amides is 1. The van der Waals surface area contributed by atoms with E-state index in [1.54, 1.807) is 6.33 Å². The van der Waals surface area contributed by atoms with E-state index < -0.39 is 0 Å². The summed E-state index contributed by atoms with van der Waals surface area (Å²) in [5, 5.41) is 0.975. The molecule has 0 bridgehead atoms. The maximum Gasteiger partial charge on any atom is 0.254 e. The van der Waals surface area contributed by atoms with Crippen LogP contribution in [0.4, 0.5) is 11.5 Å². The maximum atomic E-state index is 13.2. The number of carbonyl (C=O) groups is 1. The highest BCUT2D eigenvalue weighted by Crippen LogP contribution is 2.27. The van der Waals surface area contributed by atoms with Gasteiger partial charge in [0.15, 0.2) is 0 Å². The van der Waals surface area contributed by atoms with Crippen LogP contribution < -0.4 is 9.80 Å². The van der Waals surface area contributed by atoms with E-state index in [-0.39, 0.29) is 5.91 Å². The Hall–Kier alpha value is -3.15. The fraction of sp³-hybridized carbons (Fsp3) is 0.348. The van der Waals surface area contributed by atoms with Crippen molar-refractivity contribution in [3.05, 3.63) is 60.4 Å². The van der Waals surface area contributed by atoms with Gasteiger partial charge in [-0.25, -0.2) is 9.97 Å². The van der Waals surface area contributed by atoms with Crippen molar-refractivity contribution >= 4 is 28.3 Å². The molecule has 2 aromatic carbocycles. The van der Waals surface area contributed by atoms with Crippen LogP contribution in [0.15, 0.2) is 54.9 Å². The third-order valence-corrected chi connectivity index (χ3v) is 5.96. The van der Waals surface area contributed by atoms with Crippen molar-refractivity contribution < 1.29 is 4.79 Å². The summed E-state index contributed by atoms with van der Waals surface area (Å²) in [7, 11) is 0. The molecule has 148 valence electrons. The molecule has 2 aliphatic rings. The lowest BCUT2D eigenvalue weighted by Crippen LogP contribution is -2.48. The number of hydrogen-bond acceptors (Lipinski definition) is 5. The number of anilines is 2. The first-order chi connectivity index (χ1) is 14.3. The Kier molecular flexibility index (Phi) is 4.76. The summed E-state index contributed by atoms with van der Waals surface area (Å²) in [5.74, 6) is 1.05. The Morgan fingerprint density at radius 2 is 1.55 bits per heavy atom. The van der Waals surface area contributed by atoms with Gasteiger partial charge in [0.25, 0.3) is 5.91 Å².